The van der Waals surface area contributed by atoms with E-state index in [1.807, 2.05) is 36.0 Å². The largest absolute Gasteiger partial charge is 0.497 e. The Hall–Kier alpha value is -1.61. The van der Waals surface area contributed by atoms with Crippen LogP contribution in [0.1, 0.15) is 23.3 Å². The molecule has 0 saturated heterocycles. The van der Waals surface area contributed by atoms with Crippen molar-refractivity contribution < 1.29 is 9.47 Å². The van der Waals surface area contributed by atoms with E-state index >= 15 is 0 Å². The van der Waals surface area contributed by atoms with Crippen molar-refractivity contribution in [2.75, 3.05) is 20.0 Å². The highest BCUT2D eigenvalue weighted by atomic mass is 32.2. The van der Waals surface area contributed by atoms with E-state index in [2.05, 4.69) is 31.2 Å². The normalized spacial score (nSPS) is 11.9. The fourth-order valence-electron chi connectivity index (χ4n) is 2.13. The predicted octanol–water partition coefficient (Wildman–Crippen LogP) is 4.55. The van der Waals surface area contributed by atoms with E-state index < -0.39 is 0 Å². The fourth-order valence-corrected chi connectivity index (χ4v) is 3.16. The number of rotatable bonds is 6. The number of ether oxygens (including phenoxy) is 2. The molecule has 0 radical (unpaired) electrons. The Bertz CT molecular complexity index is 537. The lowest BCUT2D eigenvalue weighted by atomic mass is 10.0. The molecule has 0 heterocycles. The molecule has 0 aromatic heterocycles. The molecule has 2 aromatic rings. The van der Waals surface area contributed by atoms with Crippen molar-refractivity contribution in [2.24, 2.45) is 0 Å². The lowest BCUT2D eigenvalue weighted by Gasteiger charge is -2.18. The smallest absolute Gasteiger partial charge is 0.119 e. The van der Waals surface area contributed by atoms with Crippen LogP contribution in [-0.2, 0) is 0 Å². The number of thioether (sulfide) groups is 1. The Morgan fingerprint density at radius 2 is 1.60 bits per heavy atom. The third-order valence-electron chi connectivity index (χ3n) is 3.15. The molecule has 0 bridgehead atoms. The second kappa shape index (κ2) is 7.25. The first-order valence-corrected chi connectivity index (χ1v) is 7.73. The molecule has 106 valence electrons. The van der Waals surface area contributed by atoms with Gasteiger partial charge >= 0.3 is 0 Å². The summed E-state index contributed by atoms with van der Waals surface area (Å²) in [5, 5.41) is 0.320. The summed E-state index contributed by atoms with van der Waals surface area (Å²) in [6.45, 7) is 2.18. The van der Waals surface area contributed by atoms with Gasteiger partial charge in [0.2, 0.25) is 0 Å². The summed E-state index contributed by atoms with van der Waals surface area (Å²) in [6.07, 6.45) is 0. The highest BCUT2D eigenvalue weighted by Crippen LogP contribution is 2.37. The summed E-state index contributed by atoms with van der Waals surface area (Å²) in [7, 11) is 3.39. The quantitative estimate of drug-likeness (QED) is 0.777. The van der Waals surface area contributed by atoms with Gasteiger partial charge in [-0.25, -0.2) is 0 Å². The van der Waals surface area contributed by atoms with Crippen LogP contribution in [0.25, 0.3) is 0 Å². The molecule has 1 unspecified atom stereocenters. The van der Waals surface area contributed by atoms with E-state index in [1.165, 1.54) is 11.1 Å². The Balaban J connectivity index is 2.33. The lowest BCUT2D eigenvalue weighted by Crippen LogP contribution is -1.98. The van der Waals surface area contributed by atoms with E-state index in [0.717, 1.165) is 17.3 Å². The van der Waals surface area contributed by atoms with Crippen LogP contribution in [0.2, 0.25) is 0 Å². The van der Waals surface area contributed by atoms with Gasteiger partial charge in [-0.1, -0.05) is 31.2 Å². The van der Waals surface area contributed by atoms with Crippen LogP contribution >= 0.6 is 11.8 Å². The monoisotopic (exact) mass is 288 g/mol. The van der Waals surface area contributed by atoms with Gasteiger partial charge in [0.1, 0.15) is 11.5 Å². The van der Waals surface area contributed by atoms with Crippen molar-refractivity contribution in [3.8, 4) is 11.5 Å². The lowest BCUT2D eigenvalue weighted by molar-refractivity contribution is 0.414. The summed E-state index contributed by atoms with van der Waals surface area (Å²) >= 11 is 1.92. The van der Waals surface area contributed by atoms with Gasteiger partial charge in [-0.3, -0.25) is 0 Å². The van der Waals surface area contributed by atoms with Gasteiger partial charge in [0.25, 0.3) is 0 Å². The van der Waals surface area contributed by atoms with E-state index in [9.17, 15) is 0 Å². The van der Waals surface area contributed by atoms with Crippen molar-refractivity contribution in [2.45, 2.75) is 12.2 Å². The standard InChI is InChI=1S/C17H20O2S/c1-4-20-17(13-8-10-15(18-2)11-9-13)14-6-5-7-16(12-14)19-3/h5-12,17H,4H2,1-3H3. The molecule has 0 saturated carbocycles. The molecule has 2 nitrogen and oxygen atoms in total. The number of benzene rings is 2. The van der Waals surface area contributed by atoms with Gasteiger partial charge < -0.3 is 9.47 Å². The molecular formula is C17H20O2S. The molecule has 0 spiro atoms. The Labute approximate surface area is 125 Å². The molecule has 20 heavy (non-hydrogen) atoms. The summed E-state index contributed by atoms with van der Waals surface area (Å²) in [6, 6.07) is 16.6. The fraction of sp³-hybridized carbons (Fsp3) is 0.294. The Kier molecular flexibility index (Phi) is 5.36. The summed E-state index contributed by atoms with van der Waals surface area (Å²) in [5.74, 6) is 2.85. The van der Waals surface area contributed by atoms with Gasteiger partial charge in [-0.15, -0.1) is 11.8 Å². The van der Waals surface area contributed by atoms with Crippen LogP contribution in [0, 0.1) is 0 Å². The highest BCUT2D eigenvalue weighted by molar-refractivity contribution is 7.99. The molecule has 2 rings (SSSR count). The van der Waals surface area contributed by atoms with Crippen molar-refractivity contribution >= 4 is 11.8 Å². The first-order valence-electron chi connectivity index (χ1n) is 6.68. The van der Waals surface area contributed by atoms with Gasteiger partial charge in [-0.05, 0) is 41.1 Å². The minimum Gasteiger partial charge on any atom is -0.497 e. The van der Waals surface area contributed by atoms with Crippen LogP contribution < -0.4 is 9.47 Å². The zero-order valence-corrected chi connectivity index (χ0v) is 12.9. The van der Waals surface area contributed by atoms with Crippen molar-refractivity contribution in [3.05, 3.63) is 59.7 Å². The second-order valence-corrected chi connectivity index (χ2v) is 5.77. The van der Waals surface area contributed by atoms with E-state index in [-0.39, 0.29) is 0 Å². The molecule has 0 fully saturated rings. The van der Waals surface area contributed by atoms with E-state index in [4.69, 9.17) is 9.47 Å². The molecule has 0 aliphatic rings. The first kappa shape index (κ1) is 14.8. The molecule has 3 heteroatoms. The minimum atomic E-state index is 0.320. The Morgan fingerprint density at radius 3 is 2.20 bits per heavy atom. The summed E-state index contributed by atoms with van der Waals surface area (Å²) < 4.78 is 10.6. The number of hydrogen-bond donors (Lipinski definition) is 0. The van der Waals surface area contributed by atoms with Gasteiger partial charge in [-0.2, -0.15) is 0 Å². The van der Waals surface area contributed by atoms with Gasteiger partial charge in [0, 0.05) is 0 Å². The molecule has 0 N–H and O–H groups in total. The molecule has 2 aromatic carbocycles. The second-order valence-electron chi connectivity index (χ2n) is 4.39. The molecule has 0 aliphatic heterocycles. The van der Waals surface area contributed by atoms with Crippen LogP contribution in [0.4, 0.5) is 0 Å². The van der Waals surface area contributed by atoms with Crippen LogP contribution in [0.5, 0.6) is 11.5 Å². The van der Waals surface area contributed by atoms with Gasteiger partial charge in [0.15, 0.2) is 0 Å². The van der Waals surface area contributed by atoms with Crippen molar-refractivity contribution in [1.29, 1.82) is 0 Å². The maximum absolute atomic E-state index is 5.33. The van der Waals surface area contributed by atoms with Crippen molar-refractivity contribution in [3.63, 3.8) is 0 Å². The topological polar surface area (TPSA) is 18.5 Å². The average Bonchev–Trinajstić information content (AvgIpc) is 2.53. The predicted molar refractivity (Wildman–Crippen MR) is 86.0 cm³/mol. The van der Waals surface area contributed by atoms with Crippen LogP contribution in [0.15, 0.2) is 48.5 Å². The van der Waals surface area contributed by atoms with Crippen LogP contribution in [0.3, 0.4) is 0 Å². The molecule has 0 amide bonds. The Morgan fingerprint density at radius 1 is 0.900 bits per heavy atom. The molecule has 1 atom stereocenters. The third-order valence-corrected chi connectivity index (χ3v) is 4.36. The average molecular weight is 288 g/mol. The van der Waals surface area contributed by atoms with Crippen LogP contribution in [-0.4, -0.2) is 20.0 Å². The first-order chi connectivity index (χ1) is 9.78. The molecule has 0 aliphatic carbocycles. The third kappa shape index (κ3) is 3.48. The highest BCUT2D eigenvalue weighted by Gasteiger charge is 2.14. The summed E-state index contributed by atoms with van der Waals surface area (Å²) in [4.78, 5) is 0. The van der Waals surface area contributed by atoms with E-state index in [1.54, 1.807) is 14.2 Å². The van der Waals surface area contributed by atoms with E-state index in [0.29, 0.717) is 5.25 Å². The SMILES string of the molecule is CCSC(c1ccc(OC)cc1)c1cccc(OC)c1. The number of hydrogen-bond acceptors (Lipinski definition) is 3. The number of methoxy groups -OCH3 is 2. The zero-order valence-electron chi connectivity index (χ0n) is 12.1. The van der Waals surface area contributed by atoms with Crippen molar-refractivity contribution in [1.82, 2.24) is 0 Å². The van der Waals surface area contributed by atoms with Gasteiger partial charge in [0.05, 0.1) is 19.5 Å². The summed E-state index contributed by atoms with van der Waals surface area (Å²) in [5.41, 5.74) is 2.55. The zero-order chi connectivity index (χ0) is 14.4. The maximum atomic E-state index is 5.33. The molecular weight excluding hydrogens is 268 g/mol. The maximum Gasteiger partial charge on any atom is 0.119 e. The minimum absolute atomic E-state index is 0.320.